The maximum absolute atomic E-state index is 8.71. The first kappa shape index (κ1) is 14.1. The van der Waals surface area contributed by atoms with E-state index in [4.69, 9.17) is 15.7 Å². The van der Waals surface area contributed by atoms with E-state index in [-0.39, 0.29) is 5.84 Å². The van der Waals surface area contributed by atoms with Gasteiger partial charge in [-0.3, -0.25) is 0 Å². The molecule has 0 radical (unpaired) electrons. The van der Waals surface area contributed by atoms with E-state index in [9.17, 15) is 0 Å². The first-order valence-corrected chi connectivity index (χ1v) is 6.64. The van der Waals surface area contributed by atoms with E-state index < -0.39 is 0 Å². The lowest BCUT2D eigenvalue weighted by molar-refractivity contribution is 0.318. The van der Waals surface area contributed by atoms with Crippen LogP contribution in [0.25, 0.3) is 0 Å². The van der Waals surface area contributed by atoms with Crippen LogP contribution in [0.4, 0.5) is 0 Å². The Morgan fingerprint density at radius 1 is 1.55 bits per heavy atom. The third-order valence-corrected chi connectivity index (χ3v) is 3.68. The molecule has 0 spiro atoms. The van der Waals surface area contributed by atoms with E-state index in [1.54, 1.807) is 17.8 Å². The molecule has 0 unspecified atom stereocenters. The Hall–Kier alpha value is -2.29. The van der Waals surface area contributed by atoms with Gasteiger partial charge in [-0.1, -0.05) is 23.0 Å². The molecule has 1 aromatic heterocycles. The number of thioether (sulfide) groups is 1. The average Bonchev–Trinajstić information content (AvgIpc) is 2.89. The molecule has 9 heteroatoms. The quantitative estimate of drug-likeness (QED) is 0.273. The molecule has 1 aromatic carbocycles. The Morgan fingerprint density at radius 2 is 2.35 bits per heavy atom. The summed E-state index contributed by atoms with van der Waals surface area (Å²) in [6.07, 6.45) is 0. The molecule has 8 nitrogen and oxygen atoms in total. The van der Waals surface area contributed by atoms with Gasteiger partial charge in [0, 0.05) is 12.8 Å². The van der Waals surface area contributed by atoms with Crippen molar-refractivity contribution in [3.05, 3.63) is 29.3 Å². The summed E-state index contributed by atoms with van der Waals surface area (Å²) in [4.78, 5) is 0. The number of ether oxygens (including phenoxy) is 1. The first-order chi connectivity index (χ1) is 9.65. The molecule has 3 N–H and O–H groups in total. The van der Waals surface area contributed by atoms with Crippen LogP contribution in [0.5, 0.6) is 5.75 Å². The van der Waals surface area contributed by atoms with Crippen LogP contribution in [0.15, 0.2) is 28.5 Å². The summed E-state index contributed by atoms with van der Waals surface area (Å²) < 4.78 is 6.85. The van der Waals surface area contributed by atoms with E-state index in [2.05, 4.69) is 20.7 Å². The fraction of sp³-hybridized carbons (Fsp3) is 0.273. The number of hydrogen-bond donors (Lipinski definition) is 2. The van der Waals surface area contributed by atoms with Gasteiger partial charge >= 0.3 is 0 Å². The Balaban J connectivity index is 2.16. The van der Waals surface area contributed by atoms with Crippen molar-refractivity contribution in [2.45, 2.75) is 10.9 Å². The van der Waals surface area contributed by atoms with Crippen molar-refractivity contribution < 1.29 is 9.94 Å². The maximum atomic E-state index is 8.71. The fourth-order valence-corrected chi connectivity index (χ4v) is 2.38. The van der Waals surface area contributed by atoms with Gasteiger partial charge in [-0.2, -0.15) is 0 Å². The van der Waals surface area contributed by atoms with Gasteiger partial charge in [0.2, 0.25) is 5.16 Å². The summed E-state index contributed by atoms with van der Waals surface area (Å²) in [5.74, 6) is 1.24. The molecule has 0 amide bonds. The summed E-state index contributed by atoms with van der Waals surface area (Å²) in [6, 6.07) is 5.47. The van der Waals surface area contributed by atoms with Gasteiger partial charge in [0.25, 0.3) is 0 Å². The van der Waals surface area contributed by atoms with Crippen molar-refractivity contribution in [3.63, 3.8) is 0 Å². The molecule has 2 rings (SSSR count). The maximum Gasteiger partial charge on any atom is 0.209 e. The number of hydrogen-bond acceptors (Lipinski definition) is 7. The number of nitrogens with two attached hydrogens (primary N) is 1. The van der Waals surface area contributed by atoms with Crippen molar-refractivity contribution >= 4 is 17.6 Å². The van der Waals surface area contributed by atoms with Crippen LogP contribution in [-0.4, -0.2) is 38.4 Å². The van der Waals surface area contributed by atoms with E-state index in [1.165, 1.54) is 18.9 Å². The second-order valence-electron chi connectivity index (χ2n) is 3.89. The van der Waals surface area contributed by atoms with Gasteiger partial charge in [0.05, 0.1) is 12.7 Å². The first-order valence-electron chi connectivity index (χ1n) is 5.65. The van der Waals surface area contributed by atoms with Crippen LogP contribution in [0, 0.1) is 0 Å². The van der Waals surface area contributed by atoms with E-state index in [0.717, 1.165) is 10.7 Å². The molecular weight excluding hydrogens is 280 g/mol. The van der Waals surface area contributed by atoms with E-state index in [0.29, 0.717) is 17.1 Å². The highest BCUT2D eigenvalue weighted by atomic mass is 32.2. The predicted octanol–water partition coefficient (Wildman–Crippen LogP) is 0.605. The molecule has 0 saturated heterocycles. The lowest BCUT2D eigenvalue weighted by Crippen LogP contribution is -2.14. The monoisotopic (exact) mass is 294 g/mol. The van der Waals surface area contributed by atoms with Crippen LogP contribution >= 0.6 is 11.8 Å². The number of rotatable bonds is 5. The van der Waals surface area contributed by atoms with Gasteiger partial charge < -0.3 is 15.7 Å². The zero-order valence-electron chi connectivity index (χ0n) is 11.0. The number of benzene rings is 1. The molecule has 106 valence electrons. The van der Waals surface area contributed by atoms with Crippen LogP contribution in [-0.2, 0) is 12.8 Å². The van der Waals surface area contributed by atoms with Crippen molar-refractivity contribution in [2.75, 3.05) is 7.11 Å². The molecular formula is C11H14N6O2S. The second-order valence-corrected chi connectivity index (χ2v) is 4.84. The summed E-state index contributed by atoms with van der Waals surface area (Å²) >= 11 is 1.51. The van der Waals surface area contributed by atoms with Crippen molar-refractivity contribution in [1.82, 2.24) is 20.2 Å². The van der Waals surface area contributed by atoms with Crippen LogP contribution in [0.3, 0.4) is 0 Å². The molecule has 1 heterocycles. The lowest BCUT2D eigenvalue weighted by Gasteiger charge is -2.09. The molecule has 0 aliphatic carbocycles. The predicted molar refractivity (Wildman–Crippen MR) is 73.9 cm³/mol. The summed E-state index contributed by atoms with van der Waals surface area (Å²) in [5, 5.41) is 23.6. The number of amidine groups is 1. The molecule has 0 bridgehead atoms. The highest BCUT2D eigenvalue weighted by molar-refractivity contribution is 7.98. The van der Waals surface area contributed by atoms with Crippen molar-refractivity contribution in [1.29, 1.82) is 0 Å². The van der Waals surface area contributed by atoms with Crippen molar-refractivity contribution in [3.8, 4) is 5.75 Å². The Bertz CT molecular complexity index is 627. The number of nitrogens with zero attached hydrogens (tertiary/aromatic N) is 5. The smallest absolute Gasteiger partial charge is 0.209 e. The standard InChI is InChI=1S/C11H14N6O2S/c1-17-11(13-15-16-17)20-6-7-3-4-8(10(12)14-18)9(5-7)19-2/h3-5,18H,6H2,1-2H3,(H2,12,14). The summed E-state index contributed by atoms with van der Waals surface area (Å²) in [6.45, 7) is 0. The van der Waals surface area contributed by atoms with Crippen LogP contribution in [0.2, 0.25) is 0 Å². The SMILES string of the molecule is COc1cc(CSc2nnnn2C)ccc1/C(N)=N/O. The molecule has 0 atom stereocenters. The Labute approximate surface area is 119 Å². The molecule has 2 aromatic rings. The minimum absolute atomic E-state index is 0.0126. The van der Waals surface area contributed by atoms with Crippen LogP contribution < -0.4 is 10.5 Å². The van der Waals surface area contributed by atoms with Crippen LogP contribution in [0.1, 0.15) is 11.1 Å². The topological polar surface area (TPSA) is 111 Å². The summed E-state index contributed by atoms with van der Waals surface area (Å²) in [7, 11) is 3.32. The van der Waals surface area contributed by atoms with E-state index in [1.807, 2.05) is 12.1 Å². The molecule has 20 heavy (non-hydrogen) atoms. The largest absolute Gasteiger partial charge is 0.496 e. The Kier molecular flexibility index (Phi) is 4.41. The number of aromatic nitrogens is 4. The van der Waals surface area contributed by atoms with Gasteiger partial charge in [-0.15, -0.1) is 5.10 Å². The van der Waals surface area contributed by atoms with Gasteiger partial charge in [-0.25, -0.2) is 4.68 Å². The summed E-state index contributed by atoms with van der Waals surface area (Å²) in [5.41, 5.74) is 7.14. The van der Waals surface area contributed by atoms with E-state index >= 15 is 0 Å². The average molecular weight is 294 g/mol. The third-order valence-electron chi connectivity index (χ3n) is 2.60. The van der Waals surface area contributed by atoms with Gasteiger partial charge in [0.15, 0.2) is 5.84 Å². The Morgan fingerprint density at radius 3 is 2.95 bits per heavy atom. The second kappa shape index (κ2) is 6.24. The highest BCUT2D eigenvalue weighted by Gasteiger charge is 2.10. The number of tetrazole rings is 1. The molecule has 0 aliphatic rings. The zero-order valence-corrected chi connectivity index (χ0v) is 11.8. The molecule has 0 fully saturated rings. The molecule has 0 aliphatic heterocycles. The lowest BCUT2D eigenvalue weighted by atomic mass is 10.1. The third kappa shape index (κ3) is 2.99. The minimum Gasteiger partial charge on any atom is -0.496 e. The minimum atomic E-state index is 0.0126. The van der Waals surface area contributed by atoms with Gasteiger partial charge in [-0.05, 0) is 28.1 Å². The number of aryl methyl sites for hydroxylation is 1. The van der Waals surface area contributed by atoms with Gasteiger partial charge in [0.1, 0.15) is 5.75 Å². The zero-order chi connectivity index (χ0) is 14.5. The fourth-order valence-electron chi connectivity index (χ4n) is 1.58. The number of methoxy groups -OCH3 is 1. The molecule has 0 saturated carbocycles. The van der Waals surface area contributed by atoms with Crippen molar-refractivity contribution in [2.24, 2.45) is 17.9 Å². The highest BCUT2D eigenvalue weighted by Crippen LogP contribution is 2.25. The normalized spacial score (nSPS) is 11.6. The number of oxime groups is 1.